The van der Waals surface area contributed by atoms with Crippen molar-refractivity contribution in [2.45, 2.75) is 45.1 Å². The predicted octanol–water partition coefficient (Wildman–Crippen LogP) is 1.86. The van der Waals surface area contributed by atoms with Crippen LogP contribution in [-0.2, 0) is 4.74 Å². The van der Waals surface area contributed by atoms with Crippen LogP contribution in [0.5, 0.6) is 0 Å². The molecule has 0 saturated heterocycles. The standard InChI is InChI=1S/C13H28N2O/c1-12(2)6-5-7-13(10-12,11-14)15(3)8-9-16-4/h5-11,14H2,1-4H3. The summed E-state index contributed by atoms with van der Waals surface area (Å²) >= 11 is 0. The third kappa shape index (κ3) is 3.19. The van der Waals surface area contributed by atoms with Gasteiger partial charge in [-0.15, -0.1) is 0 Å². The van der Waals surface area contributed by atoms with E-state index in [0.29, 0.717) is 5.41 Å². The van der Waals surface area contributed by atoms with Gasteiger partial charge in [0.05, 0.1) is 6.61 Å². The van der Waals surface area contributed by atoms with Crippen molar-refractivity contribution >= 4 is 0 Å². The molecule has 3 nitrogen and oxygen atoms in total. The van der Waals surface area contributed by atoms with E-state index in [1.54, 1.807) is 7.11 Å². The molecule has 1 aliphatic rings. The van der Waals surface area contributed by atoms with Gasteiger partial charge in [0.25, 0.3) is 0 Å². The van der Waals surface area contributed by atoms with Crippen LogP contribution < -0.4 is 5.73 Å². The van der Waals surface area contributed by atoms with Crippen molar-refractivity contribution in [1.82, 2.24) is 4.90 Å². The minimum absolute atomic E-state index is 0.195. The Morgan fingerprint density at radius 2 is 2.00 bits per heavy atom. The van der Waals surface area contributed by atoms with E-state index in [1.807, 2.05) is 0 Å². The van der Waals surface area contributed by atoms with Crippen molar-refractivity contribution < 1.29 is 4.74 Å². The second kappa shape index (κ2) is 5.48. The van der Waals surface area contributed by atoms with E-state index in [2.05, 4.69) is 25.8 Å². The molecule has 0 heterocycles. The molecule has 0 aromatic heterocycles. The van der Waals surface area contributed by atoms with Crippen LogP contribution in [0.4, 0.5) is 0 Å². The zero-order valence-electron chi connectivity index (χ0n) is 11.4. The Labute approximate surface area is 100 Å². The summed E-state index contributed by atoms with van der Waals surface area (Å²) < 4.78 is 5.16. The lowest BCUT2D eigenvalue weighted by Crippen LogP contribution is -2.56. The minimum Gasteiger partial charge on any atom is -0.383 e. The maximum Gasteiger partial charge on any atom is 0.0589 e. The molecule has 0 spiro atoms. The first-order chi connectivity index (χ1) is 7.46. The van der Waals surface area contributed by atoms with E-state index in [0.717, 1.165) is 19.7 Å². The normalized spacial score (nSPS) is 29.6. The van der Waals surface area contributed by atoms with Gasteiger partial charge in [-0.3, -0.25) is 4.90 Å². The van der Waals surface area contributed by atoms with Crippen molar-refractivity contribution in [3.8, 4) is 0 Å². The van der Waals surface area contributed by atoms with Gasteiger partial charge in [-0.25, -0.2) is 0 Å². The lowest BCUT2D eigenvalue weighted by atomic mass is 9.67. The Hall–Kier alpha value is -0.120. The molecule has 1 atom stereocenters. The number of hydrogen-bond donors (Lipinski definition) is 1. The zero-order chi connectivity index (χ0) is 12.2. The summed E-state index contributed by atoms with van der Waals surface area (Å²) in [5, 5.41) is 0. The molecule has 1 rings (SSSR count). The van der Waals surface area contributed by atoms with Gasteiger partial charge in [-0.1, -0.05) is 20.3 Å². The van der Waals surface area contributed by atoms with E-state index < -0.39 is 0 Å². The van der Waals surface area contributed by atoms with E-state index >= 15 is 0 Å². The molecule has 0 bridgehead atoms. The molecule has 1 fully saturated rings. The van der Waals surface area contributed by atoms with Crippen LogP contribution in [-0.4, -0.2) is 44.3 Å². The highest BCUT2D eigenvalue weighted by Crippen LogP contribution is 2.42. The number of hydrogen-bond acceptors (Lipinski definition) is 3. The summed E-state index contributed by atoms with van der Waals surface area (Å²) in [6.07, 6.45) is 5.05. The number of likely N-dealkylation sites (N-methyl/N-ethyl adjacent to an activating group) is 1. The van der Waals surface area contributed by atoms with Crippen molar-refractivity contribution in [1.29, 1.82) is 0 Å². The van der Waals surface area contributed by atoms with Crippen LogP contribution in [0.1, 0.15) is 39.5 Å². The smallest absolute Gasteiger partial charge is 0.0589 e. The molecule has 3 heteroatoms. The number of nitrogens with zero attached hydrogens (tertiary/aromatic N) is 1. The monoisotopic (exact) mass is 228 g/mol. The first kappa shape index (κ1) is 13.9. The molecule has 1 saturated carbocycles. The number of ether oxygens (including phenoxy) is 1. The van der Waals surface area contributed by atoms with Crippen molar-refractivity contribution in [3.05, 3.63) is 0 Å². The fraction of sp³-hybridized carbons (Fsp3) is 1.00. The first-order valence-corrected chi connectivity index (χ1v) is 6.36. The van der Waals surface area contributed by atoms with Gasteiger partial charge in [0, 0.05) is 25.7 Å². The summed E-state index contributed by atoms with van der Waals surface area (Å²) in [5.74, 6) is 0. The average Bonchev–Trinajstić information content (AvgIpc) is 2.24. The van der Waals surface area contributed by atoms with E-state index in [1.165, 1.54) is 25.7 Å². The molecule has 1 unspecified atom stereocenters. The fourth-order valence-electron chi connectivity index (χ4n) is 3.08. The van der Waals surface area contributed by atoms with Gasteiger partial charge in [0.2, 0.25) is 0 Å². The summed E-state index contributed by atoms with van der Waals surface area (Å²) in [5.41, 5.74) is 6.67. The van der Waals surface area contributed by atoms with Crippen LogP contribution in [0.2, 0.25) is 0 Å². The highest BCUT2D eigenvalue weighted by molar-refractivity contribution is 4.98. The Kier molecular flexibility index (Phi) is 4.77. The third-order valence-corrected chi connectivity index (χ3v) is 4.12. The van der Waals surface area contributed by atoms with Crippen LogP contribution >= 0.6 is 0 Å². The summed E-state index contributed by atoms with van der Waals surface area (Å²) in [7, 11) is 3.95. The number of nitrogens with two attached hydrogens (primary N) is 1. The van der Waals surface area contributed by atoms with Crippen LogP contribution in [0, 0.1) is 5.41 Å². The lowest BCUT2D eigenvalue weighted by Gasteiger charge is -2.49. The van der Waals surface area contributed by atoms with Gasteiger partial charge in [-0.05, 0) is 31.7 Å². The number of methoxy groups -OCH3 is 1. The number of rotatable bonds is 5. The van der Waals surface area contributed by atoms with Crippen molar-refractivity contribution in [3.63, 3.8) is 0 Å². The fourth-order valence-corrected chi connectivity index (χ4v) is 3.08. The Bertz CT molecular complexity index is 218. The average molecular weight is 228 g/mol. The van der Waals surface area contributed by atoms with Gasteiger partial charge >= 0.3 is 0 Å². The largest absolute Gasteiger partial charge is 0.383 e. The minimum atomic E-state index is 0.195. The summed E-state index contributed by atoms with van der Waals surface area (Å²) in [6.45, 7) is 7.25. The molecule has 96 valence electrons. The molecule has 2 N–H and O–H groups in total. The van der Waals surface area contributed by atoms with Crippen LogP contribution in [0.15, 0.2) is 0 Å². The Morgan fingerprint density at radius 1 is 1.31 bits per heavy atom. The van der Waals surface area contributed by atoms with Crippen LogP contribution in [0.3, 0.4) is 0 Å². The second-order valence-electron chi connectivity index (χ2n) is 6.04. The topological polar surface area (TPSA) is 38.5 Å². The second-order valence-corrected chi connectivity index (χ2v) is 6.04. The molecule has 16 heavy (non-hydrogen) atoms. The Balaban J connectivity index is 2.68. The summed E-state index contributed by atoms with van der Waals surface area (Å²) in [4.78, 5) is 2.41. The van der Waals surface area contributed by atoms with E-state index in [4.69, 9.17) is 10.5 Å². The molecular weight excluding hydrogens is 200 g/mol. The van der Waals surface area contributed by atoms with Crippen LogP contribution in [0.25, 0.3) is 0 Å². The lowest BCUT2D eigenvalue weighted by molar-refractivity contribution is 0.0133. The van der Waals surface area contributed by atoms with Gasteiger partial charge in [0.15, 0.2) is 0 Å². The SMILES string of the molecule is COCCN(C)C1(CN)CCCC(C)(C)C1. The molecule has 0 aromatic rings. The molecular formula is C13H28N2O. The maximum absolute atomic E-state index is 6.05. The highest BCUT2D eigenvalue weighted by atomic mass is 16.5. The highest BCUT2D eigenvalue weighted by Gasteiger charge is 2.41. The van der Waals surface area contributed by atoms with E-state index in [9.17, 15) is 0 Å². The zero-order valence-corrected chi connectivity index (χ0v) is 11.4. The molecule has 0 aromatic carbocycles. The van der Waals surface area contributed by atoms with Crippen molar-refractivity contribution in [2.75, 3.05) is 33.9 Å². The van der Waals surface area contributed by atoms with Gasteiger partial charge < -0.3 is 10.5 Å². The van der Waals surface area contributed by atoms with Gasteiger partial charge in [-0.2, -0.15) is 0 Å². The summed E-state index contributed by atoms with van der Waals surface area (Å²) in [6, 6.07) is 0. The first-order valence-electron chi connectivity index (χ1n) is 6.36. The van der Waals surface area contributed by atoms with Crippen molar-refractivity contribution in [2.24, 2.45) is 11.1 Å². The maximum atomic E-state index is 6.05. The van der Waals surface area contributed by atoms with Gasteiger partial charge in [0.1, 0.15) is 0 Å². The molecule has 0 aliphatic heterocycles. The van der Waals surface area contributed by atoms with E-state index in [-0.39, 0.29) is 5.54 Å². The Morgan fingerprint density at radius 3 is 2.50 bits per heavy atom. The third-order valence-electron chi connectivity index (χ3n) is 4.12. The molecule has 0 amide bonds. The molecule has 0 radical (unpaired) electrons. The quantitative estimate of drug-likeness (QED) is 0.780. The predicted molar refractivity (Wildman–Crippen MR) is 68.5 cm³/mol. The molecule has 1 aliphatic carbocycles.